The molecule has 4 N–H and O–H groups in total. The Hall–Kier alpha value is -1.67. The molecule has 1 heterocycles. The SMILES string of the molecule is CC(C)N(CCCO)c1nc(NN)nc(N(C)C)n1. The lowest BCUT2D eigenvalue weighted by Crippen LogP contribution is -2.34. The topological polar surface area (TPSA) is 103 Å². The number of hydrogen-bond acceptors (Lipinski definition) is 8. The van der Waals surface area contributed by atoms with Crippen molar-refractivity contribution in [2.45, 2.75) is 26.3 Å². The van der Waals surface area contributed by atoms with Crippen LogP contribution in [0.25, 0.3) is 0 Å². The minimum atomic E-state index is 0.136. The lowest BCUT2D eigenvalue weighted by atomic mass is 10.3. The van der Waals surface area contributed by atoms with Gasteiger partial charge in [0.2, 0.25) is 17.8 Å². The van der Waals surface area contributed by atoms with Crippen LogP contribution >= 0.6 is 0 Å². The molecule has 0 fully saturated rings. The Labute approximate surface area is 113 Å². The van der Waals surface area contributed by atoms with Crippen LogP contribution in [-0.4, -0.2) is 53.3 Å². The predicted octanol–water partition coefficient (Wildman–Crippen LogP) is -0.180. The standard InChI is InChI=1S/C11H23N7O/c1-8(2)18(6-5-7-19)11-14-9(16-12)13-10(15-11)17(3)4/h8,19H,5-7,12H2,1-4H3,(H,13,14,15,16). The first-order chi connectivity index (χ1) is 8.99. The van der Waals surface area contributed by atoms with Crippen LogP contribution in [0.15, 0.2) is 0 Å². The van der Waals surface area contributed by atoms with Crippen molar-refractivity contribution in [1.29, 1.82) is 0 Å². The zero-order valence-electron chi connectivity index (χ0n) is 12.0. The number of anilines is 3. The summed E-state index contributed by atoms with van der Waals surface area (Å²) in [5.74, 6) is 6.79. The Balaban J connectivity index is 3.10. The van der Waals surface area contributed by atoms with E-state index in [0.29, 0.717) is 30.8 Å². The number of aliphatic hydroxyl groups is 1. The normalized spacial score (nSPS) is 10.7. The molecule has 0 radical (unpaired) electrons. The van der Waals surface area contributed by atoms with Gasteiger partial charge in [0.25, 0.3) is 0 Å². The van der Waals surface area contributed by atoms with Crippen LogP contribution in [0.3, 0.4) is 0 Å². The van der Waals surface area contributed by atoms with E-state index >= 15 is 0 Å². The van der Waals surface area contributed by atoms with E-state index in [2.05, 4.69) is 20.4 Å². The summed E-state index contributed by atoms with van der Waals surface area (Å²) in [6, 6.07) is 0.217. The van der Waals surface area contributed by atoms with E-state index in [1.807, 2.05) is 32.8 Å². The zero-order chi connectivity index (χ0) is 14.4. The van der Waals surface area contributed by atoms with Gasteiger partial charge in [-0.15, -0.1) is 0 Å². The average molecular weight is 269 g/mol. The quantitative estimate of drug-likeness (QED) is 0.463. The van der Waals surface area contributed by atoms with Gasteiger partial charge in [-0.3, -0.25) is 5.43 Å². The average Bonchev–Trinajstić information content (AvgIpc) is 2.38. The molecule has 1 aromatic rings. The summed E-state index contributed by atoms with van der Waals surface area (Å²) in [5.41, 5.74) is 2.45. The van der Waals surface area contributed by atoms with Crippen molar-refractivity contribution in [3.8, 4) is 0 Å². The molecular weight excluding hydrogens is 246 g/mol. The Bertz CT molecular complexity index is 397. The Kier molecular flexibility index (Phi) is 5.71. The van der Waals surface area contributed by atoms with Crippen LogP contribution < -0.4 is 21.1 Å². The Morgan fingerprint density at radius 2 is 1.84 bits per heavy atom. The van der Waals surface area contributed by atoms with Crippen molar-refractivity contribution in [1.82, 2.24) is 15.0 Å². The number of nitrogen functional groups attached to an aromatic ring is 1. The molecule has 0 atom stereocenters. The summed E-state index contributed by atoms with van der Waals surface area (Å²) >= 11 is 0. The number of aromatic nitrogens is 3. The molecule has 0 saturated carbocycles. The van der Waals surface area contributed by atoms with Crippen molar-refractivity contribution in [3.63, 3.8) is 0 Å². The van der Waals surface area contributed by atoms with E-state index in [4.69, 9.17) is 10.9 Å². The fourth-order valence-electron chi connectivity index (χ4n) is 1.58. The third kappa shape index (κ3) is 4.18. The van der Waals surface area contributed by atoms with Crippen LogP contribution in [-0.2, 0) is 0 Å². The van der Waals surface area contributed by atoms with Crippen LogP contribution in [0.5, 0.6) is 0 Å². The van der Waals surface area contributed by atoms with Gasteiger partial charge in [-0.25, -0.2) is 5.84 Å². The number of hydrazine groups is 1. The fourth-order valence-corrected chi connectivity index (χ4v) is 1.58. The van der Waals surface area contributed by atoms with Gasteiger partial charge < -0.3 is 14.9 Å². The summed E-state index contributed by atoms with van der Waals surface area (Å²) in [6.07, 6.45) is 0.659. The number of hydrogen-bond donors (Lipinski definition) is 3. The second-order valence-corrected chi connectivity index (χ2v) is 4.66. The molecule has 8 heteroatoms. The maximum absolute atomic E-state index is 8.97. The molecule has 0 spiro atoms. The van der Waals surface area contributed by atoms with Gasteiger partial charge in [0.15, 0.2) is 0 Å². The highest BCUT2D eigenvalue weighted by atomic mass is 16.3. The van der Waals surface area contributed by atoms with E-state index in [9.17, 15) is 0 Å². The lowest BCUT2D eigenvalue weighted by molar-refractivity contribution is 0.288. The molecule has 19 heavy (non-hydrogen) atoms. The summed E-state index contributed by atoms with van der Waals surface area (Å²) in [4.78, 5) is 16.6. The predicted molar refractivity (Wildman–Crippen MR) is 76.1 cm³/mol. The summed E-state index contributed by atoms with van der Waals surface area (Å²) < 4.78 is 0. The largest absolute Gasteiger partial charge is 0.396 e. The first-order valence-corrected chi connectivity index (χ1v) is 6.27. The number of rotatable bonds is 7. The molecule has 0 aromatic carbocycles. The first kappa shape index (κ1) is 15.4. The molecule has 1 rings (SSSR count). The highest BCUT2D eigenvalue weighted by Gasteiger charge is 2.16. The Morgan fingerprint density at radius 3 is 2.32 bits per heavy atom. The van der Waals surface area contributed by atoms with E-state index in [-0.39, 0.29) is 12.6 Å². The molecule has 0 amide bonds. The van der Waals surface area contributed by atoms with Crippen molar-refractivity contribution in [2.75, 3.05) is 42.5 Å². The third-order valence-electron chi connectivity index (χ3n) is 2.58. The van der Waals surface area contributed by atoms with Gasteiger partial charge in [-0.1, -0.05) is 0 Å². The van der Waals surface area contributed by atoms with Crippen molar-refractivity contribution < 1.29 is 5.11 Å². The molecule has 0 aliphatic heterocycles. The van der Waals surface area contributed by atoms with Gasteiger partial charge >= 0.3 is 0 Å². The number of nitrogens with two attached hydrogens (primary N) is 1. The summed E-state index contributed by atoms with van der Waals surface area (Å²) in [6.45, 7) is 4.91. The minimum absolute atomic E-state index is 0.136. The van der Waals surface area contributed by atoms with Crippen molar-refractivity contribution in [3.05, 3.63) is 0 Å². The molecule has 1 aromatic heterocycles. The molecule has 0 aliphatic rings. The second-order valence-electron chi connectivity index (χ2n) is 4.66. The number of aliphatic hydroxyl groups excluding tert-OH is 1. The van der Waals surface area contributed by atoms with E-state index in [1.165, 1.54) is 0 Å². The fraction of sp³-hybridized carbons (Fsp3) is 0.727. The van der Waals surface area contributed by atoms with Gasteiger partial charge in [0.05, 0.1) is 0 Å². The van der Waals surface area contributed by atoms with Gasteiger partial charge in [-0.2, -0.15) is 15.0 Å². The van der Waals surface area contributed by atoms with Crippen LogP contribution in [0.4, 0.5) is 17.8 Å². The van der Waals surface area contributed by atoms with Gasteiger partial charge in [0.1, 0.15) is 0 Å². The molecule has 8 nitrogen and oxygen atoms in total. The maximum Gasteiger partial charge on any atom is 0.243 e. The highest BCUT2D eigenvalue weighted by molar-refractivity contribution is 5.44. The molecule has 0 bridgehead atoms. The minimum Gasteiger partial charge on any atom is -0.396 e. The maximum atomic E-state index is 8.97. The highest BCUT2D eigenvalue weighted by Crippen LogP contribution is 2.17. The molecular formula is C11H23N7O. The smallest absolute Gasteiger partial charge is 0.243 e. The van der Waals surface area contributed by atoms with E-state index in [0.717, 1.165) is 0 Å². The summed E-state index contributed by atoms with van der Waals surface area (Å²) in [5, 5.41) is 8.97. The van der Waals surface area contributed by atoms with Crippen LogP contribution in [0, 0.1) is 0 Å². The van der Waals surface area contributed by atoms with E-state index < -0.39 is 0 Å². The van der Waals surface area contributed by atoms with Crippen molar-refractivity contribution >= 4 is 17.8 Å². The molecule has 0 unspecified atom stereocenters. The third-order valence-corrected chi connectivity index (χ3v) is 2.58. The Morgan fingerprint density at radius 1 is 1.21 bits per heavy atom. The molecule has 108 valence electrons. The van der Waals surface area contributed by atoms with Crippen molar-refractivity contribution in [2.24, 2.45) is 5.84 Å². The van der Waals surface area contributed by atoms with Crippen LogP contribution in [0.2, 0.25) is 0 Å². The molecule has 0 aliphatic carbocycles. The van der Waals surface area contributed by atoms with Gasteiger partial charge in [-0.05, 0) is 20.3 Å². The van der Waals surface area contributed by atoms with Crippen LogP contribution in [0.1, 0.15) is 20.3 Å². The monoisotopic (exact) mass is 269 g/mol. The summed E-state index contributed by atoms with van der Waals surface area (Å²) in [7, 11) is 3.71. The van der Waals surface area contributed by atoms with Gasteiger partial charge in [0, 0.05) is 33.3 Å². The number of nitrogens with zero attached hydrogens (tertiary/aromatic N) is 5. The molecule has 0 saturated heterocycles. The second kappa shape index (κ2) is 7.05. The first-order valence-electron chi connectivity index (χ1n) is 6.27. The van der Waals surface area contributed by atoms with E-state index in [1.54, 1.807) is 4.90 Å². The number of nitrogens with one attached hydrogen (secondary N) is 1. The zero-order valence-corrected chi connectivity index (χ0v) is 12.0. The lowest BCUT2D eigenvalue weighted by Gasteiger charge is -2.27.